The third-order valence-electron chi connectivity index (χ3n) is 2.41. The van der Waals surface area contributed by atoms with Crippen molar-refractivity contribution in [2.75, 3.05) is 5.73 Å². The molecule has 0 radical (unpaired) electrons. The highest BCUT2D eigenvalue weighted by Crippen LogP contribution is 2.29. The van der Waals surface area contributed by atoms with E-state index in [1.165, 1.54) is 5.56 Å². The molecule has 1 aromatic heterocycles. The zero-order chi connectivity index (χ0) is 11.0. The van der Waals surface area contributed by atoms with E-state index in [9.17, 15) is 0 Å². The molecule has 0 saturated heterocycles. The summed E-state index contributed by atoms with van der Waals surface area (Å²) in [6.07, 6.45) is 1.68. The standard InChI is InChI=1S/C11H12BrN3/c1-7-5-8(12)3-4-9(7)11-10(13)6-14-15(11)2/h3-6H,13H2,1-2H3. The molecular weight excluding hydrogens is 254 g/mol. The summed E-state index contributed by atoms with van der Waals surface area (Å²) in [6.45, 7) is 2.06. The smallest absolute Gasteiger partial charge is 0.0911 e. The van der Waals surface area contributed by atoms with Gasteiger partial charge in [-0.2, -0.15) is 5.10 Å². The van der Waals surface area contributed by atoms with Gasteiger partial charge in [-0.1, -0.05) is 22.0 Å². The fourth-order valence-electron chi connectivity index (χ4n) is 1.68. The Morgan fingerprint density at radius 3 is 2.67 bits per heavy atom. The van der Waals surface area contributed by atoms with Gasteiger partial charge in [-0.25, -0.2) is 0 Å². The van der Waals surface area contributed by atoms with Crippen LogP contribution in [0, 0.1) is 6.92 Å². The van der Waals surface area contributed by atoms with E-state index in [-0.39, 0.29) is 0 Å². The van der Waals surface area contributed by atoms with Gasteiger partial charge in [0.1, 0.15) is 0 Å². The van der Waals surface area contributed by atoms with Gasteiger partial charge in [0.2, 0.25) is 0 Å². The molecule has 0 aliphatic heterocycles. The molecule has 78 valence electrons. The van der Waals surface area contributed by atoms with Gasteiger partial charge in [0.05, 0.1) is 17.6 Å². The topological polar surface area (TPSA) is 43.8 Å². The fourth-order valence-corrected chi connectivity index (χ4v) is 2.15. The molecule has 4 heteroatoms. The first-order chi connectivity index (χ1) is 7.09. The Balaban J connectivity index is 2.64. The average Bonchev–Trinajstić information content (AvgIpc) is 2.48. The summed E-state index contributed by atoms with van der Waals surface area (Å²) >= 11 is 3.44. The predicted molar refractivity (Wildman–Crippen MR) is 65.5 cm³/mol. The number of benzene rings is 1. The molecule has 0 amide bonds. The maximum Gasteiger partial charge on any atom is 0.0911 e. The molecule has 0 unspecified atom stereocenters. The van der Waals surface area contributed by atoms with Gasteiger partial charge < -0.3 is 5.73 Å². The molecule has 0 bridgehead atoms. The van der Waals surface area contributed by atoms with Crippen LogP contribution in [0.5, 0.6) is 0 Å². The zero-order valence-corrected chi connectivity index (χ0v) is 10.2. The van der Waals surface area contributed by atoms with Gasteiger partial charge in [-0.05, 0) is 24.6 Å². The lowest BCUT2D eigenvalue weighted by atomic mass is 10.1. The van der Waals surface area contributed by atoms with Crippen LogP contribution in [0.4, 0.5) is 5.69 Å². The van der Waals surface area contributed by atoms with Crippen LogP contribution in [-0.4, -0.2) is 9.78 Å². The second-order valence-corrected chi connectivity index (χ2v) is 4.45. The largest absolute Gasteiger partial charge is 0.396 e. The number of rotatable bonds is 1. The number of nitrogens with zero attached hydrogens (tertiary/aromatic N) is 2. The number of hydrogen-bond acceptors (Lipinski definition) is 2. The lowest BCUT2D eigenvalue weighted by molar-refractivity contribution is 0.775. The van der Waals surface area contributed by atoms with Crippen LogP contribution in [0.2, 0.25) is 0 Å². The number of nitrogens with two attached hydrogens (primary N) is 1. The summed E-state index contributed by atoms with van der Waals surface area (Å²) < 4.78 is 2.87. The Morgan fingerprint density at radius 1 is 1.40 bits per heavy atom. The van der Waals surface area contributed by atoms with E-state index in [4.69, 9.17) is 5.73 Å². The van der Waals surface area contributed by atoms with Crippen LogP contribution in [-0.2, 0) is 7.05 Å². The summed E-state index contributed by atoms with van der Waals surface area (Å²) in [7, 11) is 1.90. The predicted octanol–water partition coefficient (Wildman–Crippen LogP) is 2.74. The van der Waals surface area contributed by atoms with Gasteiger partial charge in [0.15, 0.2) is 0 Å². The average molecular weight is 266 g/mol. The highest BCUT2D eigenvalue weighted by Gasteiger charge is 2.10. The first-order valence-electron chi connectivity index (χ1n) is 4.63. The van der Waals surface area contributed by atoms with Crippen molar-refractivity contribution in [1.29, 1.82) is 0 Å². The fraction of sp³-hybridized carbons (Fsp3) is 0.182. The molecule has 0 atom stereocenters. The summed E-state index contributed by atoms with van der Waals surface area (Å²) in [4.78, 5) is 0. The maximum atomic E-state index is 5.89. The van der Waals surface area contributed by atoms with E-state index in [1.54, 1.807) is 10.9 Å². The number of aromatic nitrogens is 2. The molecule has 0 aliphatic carbocycles. The molecule has 15 heavy (non-hydrogen) atoms. The molecule has 0 spiro atoms. The molecular formula is C11H12BrN3. The second-order valence-electron chi connectivity index (χ2n) is 3.53. The van der Waals surface area contributed by atoms with Crippen molar-refractivity contribution >= 4 is 21.6 Å². The van der Waals surface area contributed by atoms with E-state index in [2.05, 4.69) is 34.0 Å². The number of nitrogen functional groups attached to an aromatic ring is 1. The summed E-state index contributed by atoms with van der Waals surface area (Å²) in [5.74, 6) is 0. The lowest BCUT2D eigenvalue weighted by Crippen LogP contribution is -1.97. The lowest BCUT2D eigenvalue weighted by Gasteiger charge is -2.07. The Morgan fingerprint density at radius 2 is 2.13 bits per heavy atom. The molecule has 1 heterocycles. The van der Waals surface area contributed by atoms with Crippen molar-refractivity contribution in [3.05, 3.63) is 34.4 Å². The van der Waals surface area contributed by atoms with E-state index in [1.807, 2.05) is 19.2 Å². The van der Waals surface area contributed by atoms with Crippen LogP contribution in [0.25, 0.3) is 11.3 Å². The summed E-state index contributed by atoms with van der Waals surface area (Å²) in [5.41, 5.74) is 9.87. The molecule has 2 rings (SSSR count). The minimum absolute atomic E-state index is 0.711. The quantitative estimate of drug-likeness (QED) is 0.862. The zero-order valence-electron chi connectivity index (χ0n) is 8.66. The Labute approximate surface area is 97.0 Å². The van der Waals surface area contributed by atoms with Crippen molar-refractivity contribution < 1.29 is 0 Å². The number of aryl methyl sites for hydroxylation is 2. The van der Waals surface area contributed by atoms with Gasteiger partial charge in [-0.15, -0.1) is 0 Å². The first kappa shape index (κ1) is 10.2. The van der Waals surface area contributed by atoms with Crippen LogP contribution < -0.4 is 5.73 Å². The Bertz CT molecular complexity index is 483. The molecule has 0 fully saturated rings. The van der Waals surface area contributed by atoms with Crippen molar-refractivity contribution in [1.82, 2.24) is 9.78 Å². The highest BCUT2D eigenvalue weighted by molar-refractivity contribution is 9.10. The number of halogens is 1. The summed E-state index contributed by atoms with van der Waals surface area (Å²) in [5, 5.41) is 4.14. The SMILES string of the molecule is Cc1cc(Br)ccc1-c1c(N)cnn1C. The van der Waals surface area contributed by atoms with E-state index in [0.717, 1.165) is 15.7 Å². The monoisotopic (exact) mass is 265 g/mol. The third kappa shape index (κ3) is 1.77. The Hall–Kier alpha value is -1.29. The third-order valence-corrected chi connectivity index (χ3v) is 2.90. The van der Waals surface area contributed by atoms with Crippen molar-refractivity contribution in [3.63, 3.8) is 0 Å². The molecule has 0 saturated carbocycles. The molecule has 2 N–H and O–H groups in total. The van der Waals surface area contributed by atoms with Crippen LogP contribution in [0.3, 0.4) is 0 Å². The van der Waals surface area contributed by atoms with Gasteiger partial charge in [0.25, 0.3) is 0 Å². The van der Waals surface area contributed by atoms with Crippen LogP contribution in [0.1, 0.15) is 5.56 Å². The van der Waals surface area contributed by atoms with Crippen molar-refractivity contribution in [2.45, 2.75) is 6.92 Å². The van der Waals surface area contributed by atoms with Crippen LogP contribution >= 0.6 is 15.9 Å². The van der Waals surface area contributed by atoms with Crippen molar-refractivity contribution in [3.8, 4) is 11.3 Å². The summed E-state index contributed by atoms with van der Waals surface area (Å²) in [6, 6.07) is 6.13. The van der Waals surface area contributed by atoms with E-state index in [0.29, 0.717) is 5.69 Å². The Kier molecular flexibility index (Phi) is 2.52. The molecule has 0 aliphatic rings. The van der Waals surface area contributed by atoms with Gasteiger partial charge in [-0.3, -0.25) is 4.68 Å². The number of anilines is 1. The second kappa shape index (κ2) is 3.70. The first-order valence-corrected chi connectivity index (χ1v) is 5.43. The highest BCUT2D eigenvalue weighted by atomic mass is 79.9. The van der Waals surface area contributed by atoms with Crippen LogP contribution in [0.15, 0.2) is 28.9 Å². The molecule has 2 aromatic rings. The normalized spacial score (nSPS) is 10.6. The van der Waals surface area contributed by atoms with Gasteiger partial charge >= 0.3 is 0 Å². The minimum Gasteiger partial charge on any atom is -0.396 e. The number of hydrogen-bond donors (Lipinski definition) is 1. The van der Waals surface area contributed by atoms with Crippen molar-refractivity contribution in [2.24, 2.45) is 7.05 Å². The maximum absolute atomic E-state index is 5.89. The van der Waals surface area contributed by atoms with E-state index < -0.39 is 0 Å². The van der Waals surface area contributed by atoms with Gasteiger partial charge in [0, 0.05) is 17.1 Å². The van der Waals surface area contributed by atoms with E-state index >= 15 is 0 Å². The molecule has 3 nitrogen and oxygen atoms in total. The minimum atomic E-state index is 0.711. The molecule has 1 aromatic carbocycles.